The summed E-state index contributed by atoms with van der Waals surface area (Å²) < 4.78 is 0. The van der Waals surface area contributed by atoms with Crippen molar-refractivity contribution in [1.82, 2.24) is 14.7 Å². The Kier molecular flexibility index (Phi) is 4.87. The van der Waals surface area contributed by atoms with E-state index in [1.165, 1.54) is 10.5 Å². The highest BCUT2D eigenvalue weighted by atomic mass is 16.4. The molecule has 2 aliphatic rings. The van der Waals surface area contributed by atoms with Crippen LogP contribution < -0.4 is 0 Å². The van der Waals surface area contributed by atoms with E-state index >= 15 is 0 Å². The molecule has 2 heterocycles. The lowest BCUT2D eigenvalue weighted by Crippen LogP contribution is -2.59. The van der Waals surface area contributed by atoms with E-state index in [-0.39, 0.29) is 5.54 Å². The number of piperidine rings is 1. The van der Waals surface area contributed by atoms with E-state index in [9.17, 15) is 4.79 Å². The molecule has 2 aliphatic heterocycles. The largest absolute Gasteiger partial charge is 0.465 e. The Hall–Kier alpha value is -1.59. The van der Waals surface area contributed by atoms with Gasteiger partial charge in [-0.1, -0.05) is 30.3 Å². The summed E-state index contributed by atoms with van der Waals surface area (Å²) in [6.45, 7) is 8.61. The molecule has 0 aromatic heterocycles. The summed E-state index contributed by atoms with van der Waals surface area (Å²) in [5.74, 6) is 0. The van der Waals surface area contributed by atoms with Crippen LogP contribution in [0.25, 0.3) is 0 Å². The van der Waals surface area contributed by atoms with Crippen LogP contribution in [0.2, 0.25) is 0 Å². The molecule has 126 valence electrons. The van der Waals surface area contributed by atoms with Crippen LogP contribution in [-0.2, 0) is 6.54 Å². The highest BCUT2D eigenvalue weighted by molar-refractivity contribution is 5.65. The van der Waals surface area contributed by atoms with Crippen LogP contribution in [0.15, 0.2) is 30.3 Å². The molecule has 0 atom stereocenters. The van der Waals surface area contributed by atoms with E-state index < -0.39 is 6.09 Å². The Balaban J connectivity index is 1.50. The number of hydrogen-bond donors (Lipinski definition) is 1. The first-order chi connectivity index (χ1) is 11.1. The second kappa shape index (κ2) is 6.89. The zero-order chi connectivity index (χ0) is 16.3. The van der Waals surface area contributed by atoms with Gasteiger partial charge in [0, 0.05) is 51.4 Å². The molecule has 0 unspecified atom stereocenters. The van der Waals surface area contributed by atoms with Gasteiger partial charge >= 0.3 is 6.09 Å². The second-order valence-electron chi connectivity index (χ2n) is 7.02. The summed E-state index contributed by atoms with van der Waals surface area (Å²) in [5.41, 5.74) is 1.60. The smallest absolute Gasteiger partial charge is 0.407 e. The Morgan fingerprint density at radius 1 is 1.04 bits per heavy atom. The number of rotatable bonds is 3. The van der Waals surface area contributed by atoms with E-state index in [0.717, 1.165) is 45.6 Å². The van der Waals surface area contributed by atoms with E-state index in [0.29, 0.717) is 13.1 Å². The molecule has 0 radical (unpaired) electrons. The van der Waals surface area contributed by atoms with Crippen LogP contribution in [0.5, 0.6) is 0 Å². The number of benzene rings is 1. The maximum absolute atomic E-state index is 11.0. The van der Waals surface area contributed by atoms with Crippen LogP contribution in [0.3, 0.4) is 0 Å². The average molecular weight is 317 g/mol. The van der Waals surface area contributed by atoms with Crippen LogP contribution in [-0.4, -0.2) is 70.7 Å². The standard InChI is InChI=1S/C18H27N3O2/c1-18(21-13-11-20(12-14-21)17(22)23)7-9-19(10-8-18)15-16-5-3-2-4-6-16/h2-6H,7-15H2,1H3,(H,22,23). The predicted octanol–water partition coefficient (Wildman–Crippen LogP) is 2.34. The van der Waals surface area contributed by atoms with Crippen LogP contribution in [0.1, 0.15) is 25.3 Å². The molecule has 1 N–H and O–H groups in total. The van der Waals surface area contributed by atoms with E-state index in [4.69, 9.17) is 5.11 Å². The van der Waals surface area contributed by atoms with E-state index in [1.54, 1.807) is 0 Å². The SMILES string of the molecule is CC1(N2CCN(C(=O)O)CC2)CCN(Cc2ccccc2)CC1. The molecule has 1 amide bonds. The molecule has 0 aliphatic carbocycles. The van der Waals surface area contributed by atoms with Crippen molar-refractivity contribution in [1.29, 1.82) is 0 Å². The van der Waals surface area contributed by atoms with Gasteiger partial charge in [0.2, 0.25) is 0 Å². The fourth-order valence-electron chi connectivity index (χ4n) is 3.79. The summed E-state index contributed by atoms with van der Waals surface area (Å²) in [4.78, 5) is 17.6. The molecule has 23 heavy (non-hydrogen) atoms. The van der Waals surface area contributed by atoms with Gasteiger partial charge in [-0.25, -0.2) is 4.79 Å². The molecular formula is C18H27N3O2. The van der Waals surface area contributed by atoms with Crippen molar-refractivity contribution in [3.05, 3.63) is 35.9 Å². The first-order valence-electron chi connectivity index (χ1n) is 8.56. The number of carboxylic acid groups (broad SMARTS) is 1. The summed E-state index contributed by atoms with van der Waals surface area (Å²) in [5, 5.41) is 9.07. The Morgan fingerprint density at radius 3 is 2.22 bits per heavy atom. The molecule has 0 saturated carbocycles. The Bertz CT molecular complexity index is 518. The number of carbonyl (C=O) groups is 1. The molecule has 2 fully saturated rings. The summed E-state index contributed by atoms with van der Waals surface area (Å²) in [6.07, 6.45) is 1.53. The van der Waals surface area contributed by atoms with Crippen molar-refractivity contribution in [2.75, 3.05) is 39.3 Å². The van der Waals surface area contributed by atoms with Crippen molar-refractivity contribution in [2.45, 2.75) is 31.8 Å². The zero-order valence-electron chi connectivity index (χ0n) is 13.9. The molecule has 0 spiro atoms. The third-order valence-electron chi connectivity index (χ3n) is 5.50. The van der Waals surface area contributed by atoms with Gasteiger partial charge in [-0.15, -0.1) is 0 Å². The number of nitrogens with zero attached hydrogens (tertiary/aromatic N) is 3. The maximum Gasteiger partial charge on any atom is 0.407 e. The Morgan fingerprint density at radius 2 is 1.65 bits per heavy atom. The summed E-state index contributed by atoms with van der Waals surface area (Å²) in [6, 6.07) is 10.7. The number of hydrogen-bond acceptors (Lipinski definition) is 3. The fraction of sp³-hybridized carbons (Fsp3) is 0.611. The molecule has 0 bridgehead atoms. The number of piperazine rings is 1. The molecule has 2 saturated heterocycles. The maximum atomic E-state index is 11.0. The van der Waals surface area contributed by atoms with Crippen LogP contribution >= 0.6 is 0 Å². The van der Waals surface area contributed by atoms with Gasteiger partial charge in [-0.05, 0) is 25.3 Å². The minimum absolute atomic E-state index is 0.220. The van der Waals surface area contributed by atoms with E-state index in [1.807, 2.05) is 0 Å². The lowest BCUT2D eigenvalue weighted by Gasteiger charge is -2.49. The minimum atomic E-state index is -0.785. The molecular weight excluding hydrogens is 290 g/mol. The first-order valence-corrected chi connectivity index (χ1v) is 8.56. The fourth-order valence-corrected chi connectivity index (χ4v) is 3.79. The van der Waals surface area contributed by atoms with Crippen molar-refractivity contribution in [3.63, 3.8) is 0 Å². The zero-order valence-corrected chi connectivity index (χ0v) is 13.9. The van der Waals surface area contributed by atoms with E-state index in [2.05, 4.69) is 47.1 Å². The molecule has 3 rings (SSSR count). The summed E-state index contributed by atoms with van der Waals surface area (Å²) in [7, 11) is 0. The molecule has 1 aromatic rings. The third kappa shape index (κ3) is 3.85. The number of amides is 1. The number of likely N-dealkylation sites (tertiary alicyclic amines) is 1. The van der Waals surface area contributed by atoms with Gasteiger partial charge in [-0.2, -0.15) is 0 Å². The predicted molar refractivity (Wildman–Crippen MR) is 90.5 cm³/mol. The van der Waals surface area contributed by atoms with Gasteiger partial charge in [0.1, 0.15) is 0 Å². The van der Waals surface area contributed by atoms with Crippen molar-refractivity contribution in [3.8, 4) is 0 Å². The van der Waals surface area contributed by atoms with Gasteiger partial charge < -0.3 is 10.0 Å². The first kappa shape index (κ1) is 16.3. The van der Waals surface area contributed by atoms with Crippen molar-refractivity contribution in [2.24, 2.45) is 0 Å². The van der Waals surface area contributed by atoms with Crippen molar-refractivity contribution < 1.29 is 9.90 Å². The van der Waals surface area contributed by atoms with Crippen LogP contribution in [0, 0.1) is 0 Å². The quantitative estimate of drug-likeness (QED) is 0.929. The van der Waals surface area contributed by atoms with Gasteiger partial charge in [0.05, 0.1) is 0 Å². The second-order valence-corrected chi connectivity index (χ2v) is 7.02. The molecule has 1 aromatic carbocycles. The third-order valence-corrected chi connectivity index (χ3v) is 5.50. The van der Waals surface area contributed by atoms with Crippen LogP contribution in [0.4, 0.5) is 4.79 Å². The monoisotopic (exact) mass is 317 g/mol. The molecule has 5 heteroatoms. The minimum Gasteiger partial charge on any atom is -0.465 e. The van der Waals surface area contributed by atoms with Gasteiger partial charge in [0.15, 0.2) is 0 Å². The lowest BCUT2D eigenvalue weighted by molar-refractivity contribution is 0.00132. The highest BCUT2D eigenvalue weighted by Gasteiger charge is 2.37. The van der Waals surface area contributed by atoms with Gasteiger partial charge in [-0.3, -0.25) is 9.80 Å². The topological polar surface area (TPSA) is 47.0 Å². The average Bonchev–Trinajstić information content (AvgIpc) is 2.58. The lowest BCUT2D eigenvalue weighted by atomic mass is 9.87. The summed E-state index contributed by atoms with van der Waals surface area (Å²) >= 11 is 0. The molecule has 5 nitrogen and oxygen atoms in total. The van der Waals surface area contributed by atoms with Gasteiger partial charge in [0.25, 0.3) is 0 Å². The Labute approximate surface area is 138 Å². The van der Waals surface area contributed by atoms with Crippen molar-refractivity contribution >= 4 is 6.09 Å². The highest BCUT2D eigenvalue weighted by Crippen LogP contribution is 2.30. The normalized spacial score (nSPS) is 22.9.